The number of thiophene rings is 1. The highest BCUT2D eigenvalue weighted by atomic mass is 32.1. The van der Waals surface area contributed by atoms with Gasteiger partial charge in [0.25, 0.3) is 0 Å². The van der Waals surface area contributed by atoms with Gasteiger partial charge in [0.05, 0.1) is 16.3 Å². The van der Waals surface area contributed by atoms with Gasteiger partial charge in [-0.1, -0.05) is 11.2 Å². The van der Waals surface area contributed by atoms with Crippen LogP contribution in [0.1, 0.15) is 22.8 Å². The summed E-state index contributed by atoms with van der Waals surface area (Å²) in [6.45, 7) is 4.57. The molecule has 1 aliphatic heterocycles. The average Bonchev–Trinajstić information content (AvgIpc) is 3.17. The minimum atomic E-state index is 0.789. The fraction of sp³-hybridized carbons (Fsp3) is 0.312. The first kappa shape index (κ1) is 13.6. The smallest absolute Gasteiger partial charge is 0.177 e. The Kier molecular flexibility index (Phi) is 3.48. The summed E-state index contributed by atoms with van der Waals surface area (Å²) in [5, 5.41) is 6.24. The summed E-state index contributed by atoms with van der Waals surface area (Å²) in [6.07, 6.45) is 2.95. The van der Waals surface area contributed by atoms with E-state index in [0.717, 1.165) is 53.9 Å². The van der Waals surface area contributed by atoms with Crippen LogP contribution in [0.3, 0.4) is 0 Å². The van der Waals surface area contributed by atoms with Crippen molar-refractivity contribution in [2.24, 2.45) is 0 Å². The van der Waals surface area contributed by atoms with E-state index in [1.165, 1.54) is 5.56 Å². The van der Waals surface area contributed by atoms with E-state index in [9.17, 15) is 0 Å². The number of hydrogen-bond donors (Lipinski definition) is 0. The van der Waals surface area contributed by atoms with Gasteiger partial charge in [-0.15, -0.1) is 11.3 Å². The Bertz CT molecular complexity index is 781. The zero-order valence-electron chi connectivity index (χ0n) is 12.3. The fourth-order valence-corrected chi connectivity index (χ4v) is 3.42. The maximum absolute atomic E-state index is 5.45. The van der Waals surface area contributed by atoms with Crippen LogP contribution in [0.4, 0.5) is 0 Å². The second-order valence-electron chi connectivity index (χ2n) is 5.51. The molecule has 0 saturated carbocycles. The molecule has 0 spiro atoms. The number of fused-ring (bicyclic) bond motifs is 1. The molecule has 0 amide bonds. The quantitative estimate of drug-likeness (QED) is 0.744. The molecule has 4 heterocycles. The third kappa shape index (κ3) is 2.67. The van der Waals surface area contributed by atoms with E-state index in [1.807, 2.05) is 36.7 Å². The van der Waals surface area contributed by atoms with Crippen LogP contribution >= 0.6 is 11.3 Å². The lowest BCUT2D eigenvalue weighted by atomic mass is 10.1. The van der Waals surface area contributed by atoms with Crippen LogP contribution in [0.5, 0.6) is 0 Å². The van der Waals surface area contributed by atoms with Crippen LogP contribution in [0, 0.1) is 6.92 Å². The summed E-state index contributed by atoms with van der Waals surface area (Å²) in [5.74, 6) is 1.68. The molecule has 0 bridgehead atoms. The van der Waals surface area contributed by atoms with E-state index in [0.29, 0.717) is 0 Å². The average molecular weight is 312 g/mol. The Morgan fingerprint density at radius 2 is 2.36 bits per heavy atom. The van der Waals surface area contributed by atoms with Crippen molar-refractivity contribution in [2.75, 3.05) is 6.54 Å². The first-order valence-electron chi connectivity index (χ1n) is 7.31. The first-order chi connectivity index (χ1) is 10.8. The molecule has 3 aromatic heterocycles. The number of hydrogen-bond acceptors (Lipinski definition) is 6. The van der Waals surface area contributed by atoms with Crippen LogP contribution in [0.15, 0.2) is 34.3 Å². The van der Waals surface area contributed by atoms with Crippen LogP contribution in [-0.4, -0.2) is 26.6 Å². The van der Waals surface area contributed by atoms with Gasteiger partial charge in [-0.2, -0.15) is 0 Å². The van der Waals surface area contributed by atoms with Gasteiger partial charge < -0.3 is 4.52 Å². The van der Waals surface area contributed by atoms with Crippen LogP contribution in [0.25, 0.3) is 10.6 Å². The van der Waals surface area contributed by atoms with Crippen LogP contribution in [-0.2, 0) is 19.5 Å². The molecule has 0 atom stereocenters. The molecule has 0 aliphatic carbocycles. The molecule has 0 radical (unpaired) electrons. The number of aromatic nitrogens is 3. The predicted molar refractivity (Wildman–Crippen MR) is 84.4 cm³/mol. The van der Waals surface area contributed by atoms with Crippen molar-refractivity contribution in [1.82, 2.24) is 20.0 Å². The summed E-state index contributed by atoms with van der Waals surface area (Å²) >= 11 is 1.66. The van der Waals surface area contributed by atoms with E-state index < -0.39 is 0 Å². The van der Waals surface area contributed by atoms with Crippen molar-refractivity contribution in [2.45, 2.75) is 26.4 Å². The second kappa shape index (κ2) is 5.62. The van der Waals surface area contributed by atoms with Crippen molar-refractivity contribution >= 4 is 11.3 Å². The van der Waals surface area contributed by atoms with Gasteiger partial charge in [0.1, 0.15) is 5.82 Å². The highest BCUT2D eigenvalue weighted by molar-refractivity contribution is 7.13. The number of rotatable bonds is 3. The topological polar surface area (TPSA) is 55.1 Å². The first-order valence-corrected chi connectivity index (χ1v) is 8.19. The van der Waals surface area contributed by atoms with Crippen LogP contribution < -0.4 is 0 Å². The lowest BCUT2D eigenvalue weighted by Crippen LogP contribution is -2.31. The predicted octanol–water partition coefficient (Wildman–Crippen LogP) is 3.06. The molecule has 3 aromatic rings. The molecule has 0 unspecified atom stereocenters. The molecule has 0 aromatic carbocycles. The van der Waals surface area contributed by atoms with Gasteiger partial charge in [0, 0.05) is 31.9 Å². The van der Waals surface area contributed by atoms with Gasteiger partial charge in [-0.05, 0) is 30.4 Å². The van der Waals surface area contributed by atoms with Gasteiger partial charge in [0.2, 0.25) is 0 Å². The van der Waals surface area contributed by atoms with E-state index in [1.54, 1.807) is 11.3 Å². The van der Waals surface area contributed by atoms with Gasteiger partial charge >= 0.3 is 0 Å². The highest BCUT2D eigenvalue weighted by Crippen LogP contribution is 2.26. The van der Waals surface area contributed by atoms with E-state index in [4.69, 9.17) is 4.52 Å². The Hall–Kier alpha value is -2.05. The van der Waals surface area contributed by atoms with Crippen molar-refractivity contribution in [3.8, 4) is 10.6 Å². The van der Waals surface area contributed by atoms with Crippen molar-refractivity contribution < 1.29 is 4.52 Å². The Morgan fingerprint density at radius 3 is 3.23 bits per heavy atom. The number of nitrogens with zero attached hydrogens (tertiary/aromatic N) is 4. The Morgan fingerprint density at radius 1 is 1.41 bits per heavy atom. The summed E-state index contributed by atoms with van der Waals surface area (Å²) in [5.41, 5.74) is 3.37. The molecule has 0 fully saturated rings. The van der Waals surface area contributed by atoms with Gasteiger partial charge in [0.15, 0.2) is 5.76 Å². The zero-order valence-corrected chi connectivity index (χ0v) is 13.1. The summed E-state index contributed by atoms with van der Waals surface area (Å²) in [4.78, 5) is 12.3. The molecule has 112 valence electrons. The number of aryl methyl sites for hydroxylation is 1. The normalized spacial score (nSPS) is 15.0. The van der Waals surface area contributed by atoms with Crippen LogP contribution in [0.2, 0.25) is 0 Å². The van der Waals surface area contributed by atoms with Crippen molar-refractivity contribution in [1.29, 1.82) is 0 Å². The third-order valence-corrected chi connectivity index (χ3v) is 4.74. The SMILES string of the molecule is Cc1ncc2c(n1)CN(Cc1cc(-c3cccs3)on1)CC2. The van der Waals surface area contributed by atoms with E-state index in [2.05, 4.69) is 20.0 Å². The molecular weight excluding hydrogens is 296 g/mol. The molecule has 0 N–H and O–H groups in total. The lowest BCUT2D eigenvalue weighted by molar-refractivity contribution is 0.233. The molecule has 22 heavy (non-hydrogen) atoms. The Labute approximate surface area is 132 Å². The molecule has 6 heteroatoms. The van der Waals surface area contributed by atoms with Crippen molar-refractivity contribution in [3.63, 3.8) is 0 Å². The molecule has 1 aliphatic rings. The maximum atomic E-state index is 5.45. The standard InChI is InChI=1S/C16H16N4OS/c1-11-17-8-12-4-5-20(10-14(12)18-11)9-13-7-15(21-19-13)16-3-2-6-22-16/h2-3,6-8H,4-5,9-10H2,1H3. The third-order valence-electron chi connectivity index (χ3n) is 3.85. The van der Waals surface area contributed by atoms with Crippen molar-refractivity contribution in [3.05, 3.63) is 52.6 Å². The Balaban J connectivity index is 1.48. The highest BCUT2D eigenvalue weighted by Gasteiger charge is 2.19. The molecule has 4 rings (SSSR count). The minimum Gasteiger partial charge on any atom is -0.355 e. The summed E-state index contributed by atoms with van der Waals surface area (Å²) in [7, 11) is 0. The maximum Gasteiger partial charge on any atom is 0.177 e. The molecule has 0 saturated heterocycles. The van der Waals surface area contributed by atoms with E-state index >= 15 is 0 Å². The van der Waals surface area contributed by atoms with E-state index in [-0.39, 0.29) is 0 Å². The summed E-state index contributed by atoms with van der Waals surface area (Å²) in [6, 6.07) is 6.10. The summed E-state index contributed by atoms with van der Waals surface area (Å²) < 4.78 is 5.45. The molecular formula is C16H16N4OS. The molecule has 5 nitrogen and oxygen atoms in total. The fourth-order valence-electron chi connectivity index (χ4n) is 2.74. The zero-order chi connectivity index (χ0) is 14.9. The van der Waals surface area contributed by atoms with Gasteiger partial charge in [-0.3, -0.25) is 4.90 Å². The lowest BCUT2D eigenvalue weighted by Gasteiger charge is -2.26. The monoisotopic (exact) mass is 312 g/mol. The second-order valence-corrected chi connectivity index (χ2v) is 6.46. The largest absolute Gasteiger partial charge is 0.355 e. The minimum absolute atomic E-state index is 0.789. The van der Waals surface area contributed by atoms with Gasteiger partial charge in [-0.25, -0.2) is 9.97 Å².